The number of rotatable bonds is 1. The Morgan fingerprint density at radius 2 is 2.38 bits per heavy atom. The van der Waals surface area contributed by atoms with Crippen molar-refractivity contribution in [2.45, 2.75) is 0 Å². The lowest BCUT2D eigenvalue weighted by molar-refractivity contribution is 0.0603. The van der Waals surface area contributed by atoms with Crippen molar-refractivity contribution in [3.8, 4) is 0 Å². The summed E-state index contributed by atoms with van der Waals surface area (Å²) in [5, 5.41) is 2.69. The molecule has 0 aliphatic carbocycles. The molecular formula is C10H7O2S. The molecule has 1 aromatic carbocycles. The molecule has 0 atom stereocenters. The lowest BCUT2D eigenvalue weighted by Gasteiger charge is -1.99. The molecule has 0 spiro atoms. The van der Waals surface area contributed by atoms with Gasteiger partial charge in [-0.05, 0) is 17.5 Å². The van der Waals surface area contributed by atoms with E-state index in [0.29, 0.717) is 5.56 Å². The topological polar surface area (TPSA) is 26.3 Å². The molecule has 0 bridgehead atoms. The van der Waals surface area contributed by atoms with Crippen LogP contribution in [0.4, 0.5) is 0 Å². The predicted molar refractivity (Wildman–Crippen MR) is 52.0 cm³/mol. The van der Waals surface area contributed by atoms with Gasteiger partial charge < -0.3 is 4.74 Å². The Kier molecular flexibility index (Phi) is 2.02. The van der Waals surface area contributed by atoms with Crippen molar-refractivity contribution in [3.05, 3.63) is 35.2 Å². The number of thiophene rings is 1. The minimum absolute atomic E-state index is 0.305. The highest BCUT2D eigenvalue weighted by atomic mass is 32.1. The highest BCUT2D eigenvalue weighted by Gasteiger charge is 2.09. The van der Waals surface area contributed by atoms with Crippen molar-refractivity contribution < 1.29 is 9.53 Å². The first-order valence-electron chi connectivity index (χ1n) is 3.79. The molecule has 2 nitrogen and oxygen atoms in total. The zero-order valence-corrected chi connectivity index (χ0v) is 7.85. The fourth-order valence-electron chi connectivity index (χ4n) is 1.21. The number of methoxy groups -OCH3 is 1. The average molecular weight is 191 g/mol. The third kappa shape index (κ3) is 1.31. The van der Waals surface area contributed by atoms with Crippen LogP contribution in [0.3, 0.4) is 0 Å². The maximum absolute atomic E-state index is 11.3. The second-order valence-electron chi connectivity index (χ2n) is 2.55. The highest BCUT2D eigenvalue weighted by Crippen LogP contribution is 2.23. The Morgan fingerprint density at radius 3 is 3.15 bits per heavy atom. The monoisotopic (exact) mass is 191 g/mol. The summed E-state index contributed by atoms with van der Waals surface area (Å²) in [4.78, 5) is 11.3. The van der Waals surface area contributed by atoms with E-state index in [1.807, 2.05) is 17.5 Å². The second kappa shape index (κ2) is 3.18. The van der Waals surface area contributed by atoms with Gasteiger partial charge in [-0.2, -0.15) is 0 Å². The van der Waals surface area contributed by atoms with Gasteiger partial charge in [-0.15, -0.1) is 11.3 Å². The Balaban J connectivity index is 2.67. The first-order valence-corrected chi connectivity index (χ1v) is 4.67. The summed E-state index contributed by atoms with van der Waals surface area (Å²) in [7, 11) is 1.38. The fraction of sp³-hybridized carbons (Fsp3) is 0.100. The Morgan fingerprint density at radius 1 is 1.54 bits per heavy atom. The summed E-state index contributed by atoms with van der Waals surface area (Å²) >= 11 is 1.57. The molecule has 2 rings (SSSR count). The normalized spacial score (nSPS) is 10.2. The van der Waals surface area contributed by atoms with Crippen LogP contribution in [0, 0.1) is 6.07 Å². The molecule has 0 fully saturated rings. The van der Waals surface area contributed by atoms with E-state index in [9.17, 15) is 4.79 Å². The van der Waals surface area contributed by atoms with Crippen molar-refractivity contribution in [2.75, 3.05) is 7.11 Å². The molecule has 0 aliphatic heterocycles. The Hall–Kier alpha value is -1.35. The molecule has 1 heterocycles. The highest BCUT2D eigenvalue weighted by molar-refractivity contribution is 7.17. The van der Waals surface area contributed by atoms with E-state index in [4.69, 9.17) is 0 Å². The molecule has 0 saturated carbocycles. The van der Waals surface area contributed by atoms with Crippen LogP contribution in [0.2, 0.25) is 0 Å². The van der Waals surface area contributed by atoms with Gasteiger partial charge in [-0.3, -0.25) is 0 Å². The van der Waals surface area contributed by atoms with Crippen molar-refractivity contribution in [3.63, 3.8) is 0 Å². The molecule has 2 aromatic rings. The Labute approximate surface area is 79.8 Å². The summed E-state index contributed by atoms with van der Waals surface area (Å²) in [6.45, 7) is 0. The average Bonchev–Trinajstić information content (AvgIpc) is 2.63. The van der Waals surface area contributed by atoms with Crippen molar-refractivity contribution in [2.24, 2.45) is 0 Å². The van der Waals surface area contributed by atoms with Crippen LogP contribution in [-0.4, -0.2) is 13.1 Å². The van der Waals surface area contributed by atoms with Crippen LogP contribution in [0.15, 0.2) is 23.6 Å². The molecule has 3 heteroatoms. The SMILES string of the molecule is COC(=O)c1cccc2sc[c]c12. The van der Waals surface area contributed by atoms with Gasteiger partial charge in [0.25, 0.3) is 0 Å². The maximum Gasteiger partial charge on any atom is 0.338 e. The van der Waals surface area contributed by atoms with Crippen molar-refractivity contribution in [1.29, 1.82) is 0 Å². The van der Waals surface area contributed by atoms with E-state index in [0.717, 1.165) is 10.1 Å². The maximum atomic E-state index is 11.3. The molecule has 0 aliphatic rings. The molecule has 0 unspecified atom stereocenters. The van der Waals surface area contributed by atoms with E-state index in [1.165, 1.54) is 7.11 Å². The van der Waals surface area contributed by atoms with Gasteiger partial charge in [0.15, 0.2) is 0 Å². The lowest BCUT2D eigenvalue weighted by Crippen LogP contribution is -2.00. The summed E-state index contributed by atoms with van der Waals surface area (Å²) in [6.07, 6.45) is 0. The lowest BCUT2D eigenvalue weighted by atomic mass is 10.1. The zero-order valence-electron chi connectivity index (χ0n) is 7.03. The fourth-order valence-corrected chi connectivity index (χ4v) is 1.96. The number of benzene rings is 1. The standard InChI is InChI=1S/C10H7O2S/c1-12-10(11)8-3-2-4-9-7(8)5-6-13-9/h2-4,6H,1H3. The van der Waals surface area contributed by atoms with E-state index in [-0.39, 0.29) is 5.97 Å². The zero-order chi connectivity index (χ0) is 9.26. The van der Waals surface area contributed by atoms with Crippen LogP contribution >= 0.6 is 11.3 Å². The smallest absolute Gasteiger partial charge is 0.338 e. The minimum atomic E-state index is -0.305. The van der Waals surface area contributed by atoms with Crippen LogP contribution < -0.4 is 0 Å². The molecule has 1 radical (unpaired) electrons. The van der Waals surface area contributed by atoms with Gasteiger partial charge in [0.2, 0.25) is 0 Å². The molecule has 13 heavy (non-hydrogen) atoms. The Bertz CT molecular complexity index is 445. The van der Waals surface area contributed by atoms with E-state index in [1.54, 1.807) is 17.4 Å². The quantitative estimate of drug-likeness (QED) is 0.647. The van der Waals surface area contributed by atoms with Gasteiger partial charge in [0, 0.05) is 16.2 Å². The number of fused-ring (bicyclic) bond motifs is 1. The summed E-state index contributed by atoms with van der Waals surface area (Å²) < 4.78 is 5.72. The predicted octanol–water partition coefficient (Wildman–Crippen LogP) is 2.49. The van der Waals surface area contributed by atoms with Crippen LogP contribution in [0.25, 0.3) is 10.1 Å². The molecule has 65 valence electrons. The number of carbonyl (C=O) groups excluding carboxylic acids is 1. The van der Waals surface area contributed by atoms with E-state index < -0.39 is 0 Å². The first-order chi connectivity index (χ1) is 6.33. The first kappa shape index (κ1) is 8.26. The summed E-state index contributed by atoms with van der Waals surface area (Å²) in [6, 6.07) is 8.58. The van der Waals surface area contributed by atoms with E-state index in [2.05, 4.69) is 10.8 Å². The van der Waals surface area contributed by atoms with Gasteiger partial charge in [-0.25, -0.2) is 4.79 Å². The minimum Gasteiger partial charge on any atom is -0.465 e. The number of ether oxygens (including phenoxy) is 1. The molecule has 0 amide bonds. The van der Waals surface area contributed by atoms with Gasteiger partial charge in [0.05, 0.1) is 12.7 Å². The number of hydrogen-bond acceptors (Lipinski definition) is 3. The third-order valence-corrected chi connectivity index (χ3v) is 2.65. The van der Waals surface area contributed by atoms with Crippen LogP contribution in [0.1, 0.15) is 10.4 Å². The second-order valence-corrected chi connectivity index (χ2v) is 3.46. The molecule has 0 saturated heterocycles. The van der Waals surface area contributed by atoms with Crippen LogP contribution in [-0.2, 0) is 4.74 Å². The number of hydrogen-bond donors (Lipinski definition) is 0. The number of carbonyl (C=O) groups is 1. The van der Waals surface area contributed by atoms with Crippen molar-refractivity contribution >= 4 is 27.4 Å². The van der Waals surface area contributed by atoms with Gasteiger partial charge in [0.1, 0.15) is 0 Å². The van der Waals surface area contributed by atoms with E-state index >= 15 is 0 Å². The van der Waals surface area contributed by atoms with Gasteiger partial charge >= 0.3 is 5.97 Å². The largest absolute Gasteiger partial charge is 0.465 e. The third-order valence-electron chi connectivity index (χ3n) is 1.82. The summed E-state index contributed by atoms with van der Waals surface area (Å²) in [5.74, 6) is -0.305. The molecular weight excluding hydrogens is 184 g/mol. The number of esters is 1. The summed E-state index contributed by atoms with van der Waals surface area (Å²) in [5.41, 5.74) is 0.584. The molecule has 0 N–H and O–H groups in total. The van der Waals surface area contributed by atoms with Gasteiger partial charge in [-0.1, -0.05) is 6.07 Å². The molecule has 1 aromatic heterocycles. The van der Waals surface area contributed by atoms with Crippen molar-refractivity contribution in [1.82, 2.24) is 0 Å². The van der Waals surface area contributed by atoms with Crippen LogP contribution in [0.5, 0.6) is 0 Å².